The topological polar surface area (TPSA) is 105 Å². The quantitative estimate of drug-likeness (QED) is 0.721. The van der Waals surface area contributed by atoms with Crippen LogP contribution in [0.1, 0.15) is 37.0 Å². The van der Waals surface area contributed by atoms with Crippen molar-refractivity contribution in [3.05, 3.63) is 22.2 Å². The van der Waals surface area contributed by atoms with Crippen molar-refractivity contribution >= 4 is 39.4 Å². The number of carbonyl (C=O) groups is 3. The molecule has 7 nitrogen and oxygen atoms in total. The Morgan fingerprint density at radius 1 is 1.48 bits per heavy atom. The molecule has 23 heavy (non-hydrogen) atoms. The number of nitrogens with one attached hydrogen (secondary N) is 2. The molecule has 124 valence electrons. The number of carboxylic acids is 1. The lowest BCUT2D eigenvalue weighted by Crippen LogP contribution is -2.52. The Labute approximate surface area is 141 Å². The Hall–Kier alpha value is -2.09. The van der Waals surface area contributed by atoms with Crippen molar-refractivity contribution in [1.29, 1.82) is 0 Å². The SMILES string of the molecule is CCCC(C)(NC(=O)c1cc2c(cc1Br)NC(=O)CO2)C(=O)O. The first-order valence-corrected chi connectivity index (χ1v) is 7.88. The highest BCUT2D eigenvalue weighted by Gasteiger charge is 2.34. The molecule has 1 aliphatic heterocycles. The van der Waals surface area contributed by atoms with Crippen LogP contribution in [0.25, 0.3) is 0 Å². The van der Waals surface area contributed by atoms with Gasteiger partial charge in [0, 0.05) is 4.47 Å². The van der Waals surface area contributed by atoms with Gasteiger partial charge in [-0.1, -0.05) is 13.3 Å². The fourth-order valence-corrected chi connectivity index (χ4v) is 2.84. The predicted molar refractivity (Wildman–Crippen MR) is 86.7 cm³/mol. The molecule has 3 N–H and O–H groups in total. The zero-order valence-electron chi connectivity index (χ0n) is 12.7. The summed E-state index contributed by atoms with van der Waals surface area (Å²) in [6.07, 6.45) is 0.923. The van der Waals surface area contributed by atoms with Crippen LogP contribution in [0.15, 0.2) is 16.6 Å². The van der Waals surface area contributed by atoms with Gasteiger partial charge in [-0.25, -0.2) is 4.79 Å². The van der Waals surface area contributed by atoms with Gasteiger partial charge in [-0.2, -0.15) is 0 Å². The van der Waals surface area contributed by atoms with Crippen LogP contribution in [0.3, 0.4) is 0 Å². The zero-order valence-corrected chi connectivity index (χ0v) is 14.3. The Morgan fingerprint density at radius 3 is 2.78 bits per heavy atom. The maximum Gasteiger partial charge on any atom is 0.329 e. The molecular weight excluding hydrogens is 368 g/mol. The van der Waals surface area contributed by atoms with E-state index in [1.807, 2.05) is 6.92 Å². The first-order chi connectivity index (χ1) is 10.8. The standard InChI is InChI=1S/C15H17BrN2O5/c1-3-4-15(2,14(21)22)18-13(20)8-5-11-10(6-9(8)16)17-12(19)7-23-11/h5-6H,3-4,7H2,1-2H3,(H,17,19)(H,18,20)(H,21,22). The normalized spacial score (nSPS) is 15.7. The molecule has 1 unspecified atom stereocenters. The summed E-state index contributed by atoms with van der Waals surface area (Å²) in [5, 5.41) is 14.5. The summed E-state index contributed by atoms with van der Waals surface area (Å²) in [5.41, 5.74) is -0.654. The average molecular weight is 385 g/mol. The molecule has 0 saturated carbocycles. The molecule has 8 heteroatoms. The zero-order chi connectivity index (χ0) is 17.2. The maximum atomic E-state index is 12.5. The van der Waals surface area contributed by atoms with Gasteiger partial charge in [-0.05, 0) is 41.4 Å². The summed E-state index contributed by atoms with van der Waals surface area (Å²) in [6.45, 7) is 3.19. The number of aliphatic carboxylic acids is 1. The number of anilines is 1. The van der Waals surface area contributed by atoms with Gasteiger partial charge >= 0.3 is 5.97 Å². The molecule has 0 radical (unpaired) electrons. The van der Waals surface area contributed by atoms with E-state index in [9.17, 15) is 19.5 Å². The van der Waals surface area contributed by atoms with Gasteiger partial charge in [0.15, 0.2) is 6.61 Å². The van der Waals surface area contributed by atoms with Gasteiger partial charge in [0.1, 0.15) is 11.3 Å². The van der Waals surface area contributed by atoms with Crippen LogP contribution in [-0.4, -0.2) is 35.0 Å². The van der Waals surface area contributed by atoms with Gasteiger partial charge in [-0.15, -0.1) is 0 Å². The number of ether oxygens (including phenoxy) is 1. The Morgan fingerprint density at radius 2 is 2.17 bits per heavy atom. The number of carboxylic acid groups (broad SMARTS) is 1. The summed E-state index contributed by atoms with van der Waals surface area (Å²) >= 11 is 3.26. The molecule has 0 saturated heterocycles. The number of rotatable bonds is 5. The number of benzene rings is 1. The lowest BCUT2D eigenvalue weighted by atomic mass is 9.95. The minimum Gasteiger partial charge on any atom is -0.482 e. The average Bonchev–Trinajstić information content (AvgIpc) is 2.46. The monoisotopic (exact) mass is 384 g/mol. The largest absolute Gasteiger partial charge is 0.482 e. The third-order valence-electron chi connectivity index (χ3n) is 3.56. The second-order valence-electron chi connectivity index (χ2n) is 5.51. The number of hydrogen-bond acceptors (Lipinski definition) is 4. The minimum atomic E-state index is -1.35. The van der Waals surface area contributed by atoms with Crippen LogP contribution in [-0.2, 0) is 9.59 Å². The third kappa shape index (κ3) is 3.64. The van der Waals surface area contributed by atoms with Gasteiger partial charge in [0.2, 0.25) is 0 Å². The van der Waals surface area contributed by atoms with Gasteiger partial charge < -0.3 is 20.5 Å². The van der Waals surface area contributed by atoms with Gasteiger partial charge in [0.25, 0.3) is 11.8 Å². The fourth-order valence-electron chi connectivity index (χ4n) is 2.31. The van der Waals surface area contributed by atoms with Crippen LogP contribution in [0.4, 0.5) is 5.69 Å². The van der Waals surface area contributed by atoms with E-state index in [4.69, 9.17) is 4.74 Å². The van der Waals surface area contributed by atoms with Crippen LogP contribution < -0.4 is 15.4 Å². The molecule has 1 aromatic rings. The summed E-state index contributed by atoms with van der Waals surface area (Å²) in [7, 11) is 0. The molecule has 0 fully saturated rings. The van der Waals surface area contributed by atoms with Gasteiger partial charge in [-0.3, -0.25) is 9.59 Å². The van der Waals surface area contributed by atoms with Crippen molar-refractivity contribution in [2.45, 2.75) is 32.2 Å². The lowest BCUT2D eigenvalue weighted by molar-refractivity contribution is -0.144. The number of amides is 2. The van der Waals surface area contributed by atoms with Crippen LogP contribution in [0, 0.1) is 0 Å². The molecule has 2 amide bonds. The maximum absolute atomic E-state index is 12.5. The highest BCUT2D eigenvalue weighted by atomic mass is 79.9. The van der Waals surface area contributed by atoms with E-state index < -0.39 is 17.4 Å². The van der Waals surface area contributed by atoms with E-state index in [0.29, 0.717) is 28.8 Å². The van der Waals surface area contributed by atoms with E-state index in [2.05, 4.69) is 26.6 Å². The van der Waals surface area contributed by atoms with Crippen molar-refractivity contribution in [3.63, 3.8) is 0 Å². The smallest absolute Gasteiger partial charge is 0.329 e. The molecule has 0 spiro atoms. The molecule has 1 aromatic carbocycles. The van der Waals surface area contributed by atoms with Crippen molar-refractivity contribution < 1.29 is 24.2 Å². The molecule has 2 rings (SSSR count). The van der Waals surface area contributed by atoms with Crippen LogP contribution >= 0.6 is 15.9 Å². The molecule has 1 atom stereocenters. The summed E-state index contributed by atoms with van der Waals surface area (Å²) in [4.78, 5) is 35.2. The second-order valence-corrected chi connectivity index (χ2v) is 6.36. The highest BCUT2D eigenvalue weighted by molar-refractivity contribution is 9.10. The molecule has 1 aliphatic rings. The lowest BCUT2D eigenvalue weighted by Gasteiger charge is -2.26. The fraction of sp³-hybridized carbons (Fsp3) is 0.400. The number of hydrogen-bond donors (Lipinski definition) is 3. The molecule has 0 bridgehead atoms. The second kappa shape index (κ2) is 6.57. The molecular formula is C15H17BrN2O5. The first kappa shape index (κ1) is 17.3. The third-order valence-corrected chi connectivity index (χ3v) is 4.21. The van der Waals surface area contributed by atoms with Crippen LogP contribution in [0.2, 0.25) is 0 Å². The van der Waals surface area contributed by atoms with E-state index in [-0.39, 0.29) is 18.1 Å². The molecule has 0 aliphatic carbocycles. The van der Waals surface area contributed by atoms with E-state index in [0.717, 1.165) is 0 Å². The number of carbonyl (C=O) groups excluding carboxylic acids is 2. The van der Waals surface area contributed by atoms with Crippen LogP contribution in [0.5, 0.6) is 5.75 Å². The van der Waals surface area contributed by atoms with Crippen molar-refractivity contribution in [1.82, 2.24) is 5.32 Å². The highest BCUT2D eigenvalue weighted by Crippen LogP contribution is 2.34. The van der Waals surface area contributed by atoms with Crippen molar-refractivity contribution in [2.75, 3.05) is 11.9 Å². The minimum absolute atomic E-state index is 0.127. The van der Waals surface area contributed by atoms with E-state index in [1.165, 1.54) is 13.0 Å². The van der Waals surface area contributed by atoms with Gasteiger partial charge in [0.05, 0.1) is 11.3 Å². The summed E-state index contributed by atoms with van der Waals surface area (Å²) in [6, 6.07) is 3.03. The number of halogens is 1. The van der Waals surface area contributed by atoms with E-state index >= 15 is 0 Å². The Kier molecular flexibility index (Phi) is 4.93. The molecule has 0 aromatic heterocycles. The first-order valence-electron chi connectivity index (χ1n) is 7.09. The Bertz CT molecular complexity index is 676. The van der Waals surface area contributed by atoms with E-state index in [1.54, 1.807) is 6.07 Å². The Balaban J connectivity index is 2.29. The number of fused-ring (bicyclic) bond motifs is 1. The summed E-state index contributed by atoms with van der Waals surface area (Å²) < 4.78 is 5.71. The summed E-state index contributed by atoms with van der Waals surface area (Å²) in [5.74, 6) is -1.53. The predicted octanol–water partition coefficient (Wildman–Crippen LogP) is 2.15. The molecule has 1 heterocycles. The van der Waals surface area contributed by atoms with Crippen molar-refractivity contribution in [3.8, 4) is 5.75 Å². The van der Waals surface area contributed by atoms with Crippen molar-refractivity contribution in [2.24, 2.45) is 0 Å².